The second kappa shape index (κ2) is 2.07. The van der Waals surface area contributed by atoms with Crippen molar-refractivity contribution < 1.29 is 4.52 Å². The molecule has 66 valence electrons. The van der Waals surface area contributed by atoms with Crippen LogP contribution in [0.15, 0.2) is 10.9 Å². The first-order valence-electron chi connectivity index (χ1n) is 4.08. The van der Waals surface area contributed by atoms with Crippen LogP contribution in [0.25, 0.3) is 0 Å². The Labute approximate surface area is 71.1 Å². The van der Waals surface area contributed by atoms with E-state index in [-0.39, 0.29) is 5.54 Å². The Morgan fingerprint density at radius 2 is 2.17 bits per heavy atom. The number of rotatable bonds is 1. The molecule has 2 rings (SSSR count). The first-order valence-corrected chi connectivity index (χ1v) is 4.08. The molecular weight excluding hydrogens is 154 g/mol. The minimum atomic E-state index is -0.337. The highest BCUT2D eigenvalue weighted by Crippen LogP contribution is 2.50. The minimum absolute atomic E-state index is 0.329. The molecule has 2 N–H and O–H groups in total. The molecule has 0 unspecified atom stereocenters. The van der Waals surface area contributed by atoms with Gasteiger partial charge in [-0.25, -0.2) is 0 Å². The van der Waals surface area contributed by atoms with Crippen molar-refractivity contribution in [2.45, 2.75) is 32.2 Å². The molecule has 1 aromatic heterocycles. The summed E-state index contributed by atoms with van der Waals surface area (Å²) in [4.78, 5) is 3.97. The van der Waals surface area contributed by atoms with E-state index in [2.05, 4.69) is 28.5 Å². The summed E-state index contributed by atoms with van der Waals surface area (Å²) in [6.07, 6.45) is 3.19. The molecule has 0 aromatic carbocycles. The van der Waals surface area contributed by atoms with Crippen molar-refractivity contribution in [2.24, 2.45) is 11.1 Å². The van der Waals surface area contributed by atoms with Gasteiger partial charge in [0.05, 0.1) is 5.54 Å². The quantitative estimate of drug-likeness (QED) is 0.678. The number of hydrogen-bond donors (Lipinski definition) is 1. The van der Waals surface area contributed by atoms with E-state index in [4.69, 9.17) is 5.73 Å². The summed E-state index contributed by atoms with van der Waals surface area (Å²) in [7, 11) is 0. The van der Waals surface area contributed by atoms with Crippen LogP contribution in [0.5, 0.6) is 0 Å². The average molecular weight is 167 g/mol. The molecule has 1 aliphatic rings. The molecule has 4 nitrogen and oxygen atoms in total. The molecule has 1 aliphatic carbocycles. The Morgan fingerprint density at radius 3 is 2.58 bits per heavy atom. The van der Waals surface area contributed by atoms with Crippen LogP contribution >= 0.6 is 0 Å². The largest absolute Gasteiger partial charge is 0.343 e. The lowest BCUT2D eigenvalue weighted by Crippen LogP contribution is -2.53. The molecule has 0 saturated heterocycles. The number of aromatic nitrogens is 2. The van der Waals surface area contributed by atoms with Gasteiger partial charge in [-0.2, -0.15) is 4.98 Å². The van der Waals surface area contributed by atoms with E-state index in [0.717, 1.165) is 12.8 Å². The van der Waals surface area contributed by atoms with Gasteiger partial charge in [-0.05, 0) is 18.3 Å². The Kier molecular flexibility index (Phi) is 1.33. The summed E-state index contributed by atoms with van der Waals surface area (Å²) in [5.74, 6) is 0.641. The van der Waals surface area contributed by atoms with Crippen LogP contribution in [-0.4, -0.2) is 10.1 Å². The van der Waals surface area contributed by atoms with E-state index in [1.165, 1.54) is 6.39 Å². The third kappa shape index (κ3) is 1.03. The standard InChI is InChI=1S/C8H13N3O/c1-7(2)3-8(9,4-7)6-10-5-12-11-6/h5H,3-4,9H2,1-2H3. The van der Waals surface area contributed by atoms with Crippen LogP contribution in [0, 0.1) is 5.41 Å². The van der Waals surface area contributed by atoms with Gasteiger partial charge in [0.1, 0.15) is 0 Å². The van der Waals surface area contributed by atoms with Crippen LogP contribution in [0.3, 0.4) is 0 Å². The first kappa shape index (κ1) is 7.73. The van der Waals surface area contributed by atoms with E-state index in [1.807, 2.05) is 0 Å². The summed E-state index contributed by atoms with van der Waals surface area (Å²) in [5, 5.41) is 3.76. The molecule has 12 heavy (non-hydrogen) atoms. The van der Waals surface area contributed by atoms with Gasteiger partial charge in [-0.1, -0.05) is 19.0 Å². The Morgan fingerprint density at radius 1 is 1.50 bits per heavy atom. The highest BCUT2D eigenvalue weighted by molar-refractivity contribution is 5.12. The van der Waals surface area contributed by atoms with Crippen LogP contribution in [0.4, 0.5) is 0 Å². The maximum Gasteiger partial charge on any atom is 0.213 e. The molecular formula is C8H13N3O. The first-order chi connectivity index (χ1) is 5.52. The van der Waals surface area contributed by atoms with Crippen LogP contribution in [0.1, 0.15) is 32.5 Å². The summed E-state index contributed by atoms with van der Waals surface area (Å²) in [6.45, 7) is 4.39. The summed E-state index contributed by atoms with van der Waals surface area (Å²) < 4.78 is 4.66. The van der Waals surface area contributed by atoms with E-state index in [1.54, 1.807) is 0 Å². The predicted octanol–water partition coefficient (Wildman–Crippen LogP) is 1.04. The molecule has 1 aromatic rings. The molecule has 1 heterocycles. The second-order valence-corrected chi connectivity index (χ2v) is 4.43. The molecule has 0 radical (unpaired) electrons. The Balaban J connectivity index is 2.18. The van der Waals surface area contributed by atoms with Crippen molar-refractivity contribution in [3.05, 3.63) is 12.2 Å². The van der Waals surface area contributed by atoms with Gasteiger partial charge in [0, 0.05) is 0 Å². The maximum atomic E-state index is 6.06. The molecule has 4 heteroatoms. The molecule has 0 bridgehead atoms. The maximum absolute atomic E-state index is 6.06. The minimum Gasteiger partial charge on any atom is -0.343 e. The predicted molar refractivity (Wildman–Crippen MR) is 43.2 cm³/mol. The molecule has 0 atom stereocenters. The molecule has 0 spiro atoms. The van der Waals surface area contributed by atoms with E-state index in [0.29, 0.717) is 11.2 Å². The highest BCUT2D eigenvalue weighted by atomic mass is 16.5. The summed E-state index contributed by atoms with van der Waals surface area (Å²) >= 11 is 0. The highest BCUT2D eigenvalue weighted by Gasteiger charge is 2.50. The monoisotopic (exact) mass is 167 g/mol. The third-order valence-electron chi connectivity index (χ3n) is 2.39. The Bertz CT molecular complexity index is 271. The number of nitrogens with two attached hydrogens (primary N) is 1. The smallest absolute Gasteiger partial charge is 0.213 e. The van der Waals surface area contributed by atoms with Gasteiger partial charge in [-0.3, -0.25) is 0 Å². The van der Waals surface area contributed by atoms with Gasteiger partial charge in [0.15, 0.2) is 5.82 Å². The van der Waals surface area contributed by atoms with Crippen molar-refractivity contribution in [3.8, 4) is 0 Å². The normalized spacial score (nSPS) is 24.9. The molecule has 1 fully saturated rings. The topological polar surface area (TPSA) is 64.9 Å². The number of nitrogens with zero attached hydrogens (tertiary/aromatic N) is 2. The van der Waals surface area contributed by atoms with Gasteiger partial charge in [0.25, 0.3) is 0 Å². The average Bonchev–Trinajstić information content (AvgIpc) is 2.31. The van der Waals surface area contributed by atoms with Gasteiger partial charge in [-0.15, -0.1) is 0 Å². The third-order valence-corrected chi connectivity index (χ3v) is 2.39. The van der Waals surface area contributed by atoms with Crippen molar-refractivity contribution in [1.29, 1.82) is 0 Å². The molecule has 1 saturated carbocycles. The van der Waals surface area contributed by atoms with E-state index >= 15 is 0 Å². The van der Waals surface area contributed by atoms with Gasteiger partial charge >= 0.3 is 0 Å². The second-order valence-electron chi connectivity index (χ2n) is 4.43. The van der Waals surface area contributed by atoms with Crippen LogP contribution in [0.2, 0.25) is 0 Å². The fourth-order valence-electron chi connectivity index (χ4n) is 2.20. The SMILES string of the molecule is CC1(C)CC(N)(c2ncon2)C1. The van der Waals surface area contributed by atoms with E-state index < -0.39 is 0 Å². The van der Waals surface area contributed by atoms with Crippen LogP contribution < -0.4 is 5.73 Å². The zero-order chi connectivity index (χ0) is 8.82. The lowest BCUT2D eigenvalue weighted by Gasteiger charge is -2.48. The molecule has 0 aliphatic heterocycles. The van der Waals surface area contributed by atoms with Crippen molar-refractivity contribution in [1.82, 2.24) is 10.1 Å². The Hall–Kier alpha value is -0.900. The van der Waals surface area contributed by atoms with Crippen molar-refractivity contribution >= 4 is 0 Å². The zero-order valence-electron chi connectivity index (χ0n) is 7.37. The van der Waals surface area contributed by atoms with Gasteiger partial charge < -0.3 is 10.3 Å². The van der Waals surface area contributed by atoms with Crippen molar-refractivity contribution in [3.63, 3.8) is 0 Å². The van der Waals surface area contributed by atoms with Crippen molar-refractivity contribution in [2.75, 3.05) is 0 Å². The number of hydrogen-bond acceptors (Lipinski definition) is 4. The van der Waals surface area contributed by atoms with Crippen LogP contribution in [-0.2, 0) is 5.54 Å². The summed E-state index contributed by atoms with van der Waals surface area (Å²) in [6, 6.07) is 0. The zero-order valence-corrected chi connectivity index (χ0v) is 7.37. The fourth-order valence-corrected chi connectivity index (χ4v) is 2.20. The molecule has 0 amide bonds. The summed E-state index contributed by atoms with van der Waals surface area (Å²) in [5.41, 5.74) is 6.05. The van der Waals surface area contributed by atoms with E-state index in [9.17, 15) is 0 Å². The fraction of sp³-hybridized carbons (Fsp3) is 0.750. The lowest BCUT2D eigenvalue weighted by molar-refractivity contribution is 0.0530. The lowest BCUT2D eigenvalue weighted by atomic mass is 9.59. The van der Waals surface area contributed by atoms with Gasteiger partial charge in [0.2, 0.25) is 6.39 Å².